The summed E-state index contributed by atoms with van der Waals surface area (Å²) in [5.41, 5.74) is 1.38. The Bertz CT molecular complexity index is 606. The maximum Gasteiger partial charge on any atom is 0.321 e. The van der Waals surface area contributed by atoms with Crippen LogP contribution in [0.3, 0.4) is 0 Å². The first-order valence-electron chi connectivity index (χ1n) is 9.13. The third-order valence-corrected chi connectivity index (χ3v) is 5.19. The van der Waals surface area contributed by atoms with E-state index in [-0.39, 0.29) is 11.9 Å². The van der Waals surface area contributed by atoms with Crippen LogP contribution in [0.5, 0.6) is 0 Å². The number of ether oxygens (including phenoxy) is 1. The van der Waals surface area contributed by atoms with E-state index in [1.54, 1.807) is 12.1 Å². The lowest BCUT2D eigenvalue weighted by molar-refractivity contribution is -0.114. The highest BCUT2D eigenvalue weighted by Gasteiger charge is 2.29. The second-order valence-corrected chi connectivity index (χ2v) is 6.97. The SMILES string of the molecule is CC(=O)Nc1cccc(NC(=O)N2CCC(C3CCOCC3)CC2)c1. The number of carbonyl (C=O) groups is 2. The maximum atomic E-state index is 12.5. The number of carbonyl (C=O) groups excluding carboxylic acids is 2. The van der Waals surface area contributed by atoms with E-state index in [2.05, 4.69) is 10.6 Å². The molecule has 2 saturated heterocycles. The number of hydrogen-bond donors (Lipinski definition) is 2. The number of nitrogens with one attached hydrogen (secondary N) is 2. The molecule has 2 aliphatic rings. The highest BCUT2D eigenvalue weighted by Crippen LogP contribution is 2.32. The van der Waals surface area contributed by atoms with E-state index in [9.17, 15) is 9.59 Å². The van der Waals surface area contributed by atoms with Crippen LogP contribution >= 0.6 is 0 Å². The molecular weight excluding hydrogens is 318 g/mol. The molecule has 3 amide bonds. The summed E-state index contributed by atoms with van der Waals surface area (Å²) in [6.07, 6.45) is 4.47. The van der Waals surface area contributed by atoms with Crippen molar-refractivity contribution in [3.8, 4) is 0 Å². The van der Waals surface area contributed by atoms with Crippen LogP contribution in [0.4, 0.5) is 16.2 Å². The number of rotatable bonds is 3. The second kappa shape index (κ2) is 8.34. The van der Waals surface area contributed by atoms with Gasteiger partial charge in [0, 0.05) is 44.6 Å². The van der Waals surface area contributed by atoms with Crippen LogP contribution in [0, 0.1) is 11.8 Å². The fourth-order valence-electron chi connectivity index (χ4n) is 3.84. The standard InChI is InChI=1S/C19H27N3O3/c1-14(23)20-17-3-2-4-18(13-17)21-19(24)22-9-5-15(6-10-22)16-7-11-25-12-8-16/h2-4,13,15-16H,5-12H2,1H3,(H,20,23)(H,21,24). The average molecular weight is 345 g/mol. The molecule has 0 atom stereocenters. The van der Waals surface area contributed by atoms with Gasteiger partial charge in [0.1, 0.15) is 0 Å². The number of anilines is 2. The van der Waals surface area contributed by atoms with E-state index < -0.39 is 0 Å². The normalized spacial score (nSPS) is 19.5. The summed E-state index contributed by atoms with van der Waals surface area (Å²) in [5.74, 6) is 1.35. The van der Waals surface area contributed by atoms with Crippen molar-refractivity contribution in [2.45, 2.75) is 32.6 Å². The van der Waals surface area contributed by atoms with Crippen molar-refractivity contribution in [1.82, 2.24) is 4.90 Å². The third-order valence-electron chi connectivity index (χ3n) is 5.19. The van der Waals surface area contributed by atoms with Crippen LogP contribution in [0.15, 0.2) is 24.3 Å². The largest absolute Gasteiger partial charge is 0.381 e. The molecule has 0 aromatic heterocycles. The molecule has 0 spiro atoms. The first-order chi connectivity index (χ1) is 12.1. The minimum absolute atomic E-state index is 0.0644. The van der Waals surface area contributed by atoms with E-state index in [1.807, 2.05) is 17.0 Å². The Morgan fingerprint density at radius 3 is 2.24 bits per heavy atom. The van der Waals surface area contributed by atoms with Crippen molar-refractivity contribution in [1.29, 1.82) is 0 Å². The molecule has 1 aromatic rings. The minimum atomic E-state index is -0.126. The van der Waals surface area contributed by atoms with Crippen LogP contribution in [0.2, 0.25) is 0 Å². The van der Waals surface area contributed by atoms with Gasteiger partial charge in [-0.25, -0.2) is 4.79 Å². The number of benzene rings is 1. The number of urea groups is 1. The van der Waals surface area contributed by atoms with Crippen LogP contribution in [0.1, 0.15) is 32.6 Å². The smallest absolute Gasteiger partial charge is 0.321 e. The Hall–Kier alpha value is -2.08. The third kappa shape index (κ3) is 4.95. The molecule has 2 heterocycles. The predicted molar refractivity (Wildman–Crippen MR) is 97.6 cm³/mol. The number of likely N-dealkylation sites (tertiary alicyclic amines) is 1. The summed E-state index contributed by atoms with van der Waals surface area (Å²) in [5, 5.41) is 5.66. The van der Waals surface area contributed by atoms with Gasteiger partial charge in [-0.3, -0.25) is 4.79 Å². The Morgan fingerprint density at radius 2 is 1.60 bits per heavy atom. The van der Waals surface area contributed by atoms with Gasteiger partial charge in [-0.1, -0.05) is 6.07 Å². The highest BCUT2D eigenvalue weighted by molar-refractivity contribution is 5.92. The van der Waals surface area contributed by atoms with Crippen LogP contribution in [0.25, 0.3) is 0 Å². The first kappa shape index (κ1) is 17.7. The Balaban J connectivity index is 1.50. The van der Waals surface area contributed by atoms with Crippen molar-refractivity contribution in [3.05, 3.63) is 24.3 Å². The minimum Gasteiger partial charge on any atom is -0.381 e. The van der Waals surface area contributed by atoms with E-state index in [1.165, 1.54) is 6.92 Å². The summed E-state index contributed by atoms with van der Waals surface area (Å²) in [6.45, 7) is 4.85. The van der Waals surface area contributed by atoms with Gasteiger partial charge in [-0.15, -0.1) is 0 Å². The average Bonchev–Trinajstić information content (AvgIpc) is 2.62. The molecular formula is C19H27N3O3. The van der Waals surface area contributed by atoms with Gasteiger partial charge >= 0.3 is 6.03 Å². The molecule has 25 heavy (non-hydrogen) atoms. The van der Waals surface area contributed by atoms with Gasteiger partial charge in [0.05, 0.1) is 0 Å². The molecule has 136 valence electrons. The van der Waals surface area contributed by atoms with E-state index in [0.29, 0.717) is 11.4 Å². The van der Waals surface area contributed by atoms with Gasteiger partial charge in [-0.05, 0) is 55.7 Å². The summed E-state index contributed by atoms with van der Waals surface area (Å²) >= 11 is 0. The second-order valence-electron chi connectivity index (χ2n) is 6.97. The Kier molecular flexibility index (Phi) is 5.91. The molecule has 6 nitrogen and oxygen atoms in total. The summed E-state index contributed by atoms with van der Waals surface area (Å²) in [7, 11) is 0. The van der Waals surface area contributed by atoms with Crippen LogP contribution < -0.4 is 10.6 Å². The number of hydrogen-bond acceptors (Lipinski definition) is 3. The van der Waals surface area contributed by atoms with E-state index in [4.69, 9.17) is 4.74 Å². The van der Waals surface area contributed by atoms with Crippen LogP contribution in [-0.2, 0) is 9.53 Å². The zero-order valence-electron chi connectivity index (χ0n) is 14.8. The number of nitrogens with zero attached hydrogens (tertiary/aromatic N) is 1. The van der Waals surface area contributed by atoms with Crippen molar-refractivity contribution < 1.29 is 14.3 Å². The lowest BCUT2D eigenvalue weighted by Gasteiger charge is -2.37. The number of amides is 3. The lowest BCUT2D eigenvalue weighted by Crippen LogP contribution is -2.42. The van der Waals surface area contributed by atoms with Crippen molar-refractivity contribution in [3.63, 3.8) is 0 Å². The molecule has 1 aromatic carbocycles. The lowest BCUT2D eigenvalue weighted by atomic mass is 9.80. The Morgan fingerprint density at radius 1 is 1.00 bits per heavy atom. The number of piperidine rings is 1. The fraction of sp³-hybridized carbons (Fsp3) is 0.579. The van der Waals surface area contributed by atoms with Gasteiger partial charge in [0.25, 0.3) is 0 Å². The topological polar surface area (TPSA) is 70.7 Å². The molecule has 6 heteroatoms. The summed E-state index contributed by atoms with van der Waals surface area (Å²) in [4.78, 5) is 25.5. The summed E-state index contributed by atoms with van der Waals surface area (Å²) in [6, 6.07) is 7.16. The van der Waals surface area contributed by atoms with Gasteiger partial charge in [-0.2, -0.15) is 0 Å². The zero-order valence-corrected chi connectivity index (χ0v) is 14.8. The molecule has 0 radical (unpaired) electrons. The monoisotopic (exact) mass is 345 g/mol. The van der Waals surface area contributed by atoms with E-state index >= 15 is 0 Å². The zero-order chi connectivity index (χ0) is 17.6. The first-order valence-corrected chi connectivity index (χ1v) is 9.13. The molecule has 0 unspecified atom stereocenters. The molecule has 2 fully saturated rings. The molecule has 0 bridgehead atoms. The highest BCUT2D eigenvalue weighted by atomic mass is 16.5. The molecule has 0 aliphatic carbocycles. The van der Waals surface area contributed by atoms with Gasteiger partial charge in [0.15, 0.2) is 0 Å². The molecule has 2 aliphatic heterocycles. The van der Waals surface area contributed by atoms with Crippen molar-refractivity contribution in [2.24, 2.45) is 11.8 Å². The molecule has 0 saturated carbocycles. The molecule has 2 N–H and O–H groups in total. The van der Waals surface area contributed by atoms with Crippen LogP contribution in [-0.4, -0.2) is 43.1 Å². The molecule has 3 rings (SSSR count). The quantitative estimate of drug-likeness (QED) is 0.883. The predicted octanol–water partition coefficient (Wildman–Crippen LogP) is 3.32. The Labute approximate surface area is 148 Å². The summed E-state index contributed by atoms with van der Waals surface area (Å²) < 4.78 is 5.45. The van der Waals surface area contributed by atoms with Crippen molar-refractivity contribution >= 4 is 23.3 Å². The van der Waals surface area contributed by atoms with E-state index in [0.717, 1.165) is 63.8 Å². The van der Waals surface area contributed by atoms with Gasteiger partial charge in [0.2, 0.25) is 5.91 Å². The van der Waals surface area contributed by atoms with Gasteiger partial charge < -0.3 is 20.3 Å². The van der Waals surface area contributed by atoms with Crippen molar-refractivity contribution in [2.75, 3.05) is 36.9 Å². The fourth-order valence-corrected chi connectivity index (χ4v) is 3.84. The maximum absolute atomic E-state index is 12.5.